The summed E-state index contributed by atoms with van der Waals surface area (Å²) < 4.78 is 5.76. The summed E-state index contributed by atoms with van der Waals surface area (Å²) in [6.45, 7) is 5.47. The van der Waals surface area contributed by atoms with Crippen molar-refractivity contribution < 1.29 is 4.74 Å². The van der Waals surface area contributed by atoms with Gasteiger partial charge in [0.15, 0.2) is 0 Å². The van der Waals surface area contributed by atoms with Crippen LogP contribution in [0.2, 0.25) is 0 Å². The quantitative estimate of drug-likeness (QED) is 0.735. The molecule has 0 aliphatic carbocycles. The van der Waals surface area contributed by atoms with Gasteiger partial charge in [-0.25, -0.2) is 0 Å². The molecule has 1 aliphatic rings. The Labute approximate surface area is 88.4 Å². The lowest BCUT2D eigenvalue weighted by Gasteiger charge is -2.34. The molecule has 2 heteroatoms. The second-order valence-electron chi connectivity index (χ2n) is 4.37. The Kier molecular flexibility index (Phi) is 5.49. The van der Waals surface area contributed by atoms with E-state index in [1.54, 1.807) is 0 Å². The Morgan fingerprint density at radius 3 is 2.79 bits per heavy atom. The average molecular weight is 199 g/mol. The molecule has 0 aromatic carbocycles. The summed E-state index contributed by atoms with van der Waals surface area (Å²) in [5, 5.41) is 3.43. The molecule has 0 radical (unpaired) electrons. The molecule has 1 rings (SSSR count). The van der Waals surface area contributed by atoms with Gasteiger partial charge in [0.05, 0.1) is 6.10 Å². The Morgan fingerprint density at radius 2 is 2.21 bits per heavy atom. The van der Waals surface area contributed by atoms with Gasteiger partial charge in [-0.3, -0.25) is 0 Å². The van der Waals surface area contributed by atoms with Crippen LogP contribution in [0.25, 0.3) is 0 Å². The summed E-state index contributed by atoms with van der Waals surface area (Å²) in [7, 11) is 2.08. The second-order valence-corrected chi connectivity index (χ2v) is 4.37. The molecule has 1 aliphatic heterocycles. The van der Waals surface area contributed by atoms with Crippen LogP contribution in [-0.4, -0.2) is 25.8 Å². The molecule has 0 bridgehead atoms. The van der Waals surface area contributed by atoms with Gasteiger partial charge in [0.2, 0.25) is 0 Å². The van der Waals surface area contributed by atoms with E-state index in [0.29, 0.717) is 12.1 Å². The van der Waals surface area contributed by atoms with Crippen LogP contribution < -0.4 is 5.32 Å². The first kappa shape index (κ1) is 12.0. The first-order valence-corrected chi connectivity index (χ1v) is 6.10. The topological polar surface area (TPSA) is 21.3 Å². The lowest BCUT2D eigenvalue weighted by Crippen LogP contribution is -2.39. The molecular weight excluding hydrogens is 174 g/mol. The molecule has 0 amide bonds. The maximum absolute atomic E-state index is 5.76. The minimum Gasteiger partial charge on any atom is -0.378 e. The molecule has 14 heavy (non-hydrogen) atoms. The van der Waals surface area contributed by atoms with E-state index in [2.05, 4.69) is 26.2 Å². The summed E-state index contributed by atoms with van der Waals surface area (Å²) in [6, 6.07) is 0.693. The molecule has 0 aromatic heterocycles. The maximum Gasteiger partial charge on any atom is 0.0578 e. The fourth-order valence-electron chi connectivity index (χ4n) is 2.57. The van der Waals surface area contributed by atoms with Crippen molar-refractivity contribution in [1.82, 2.24) is 5.32 Å². The minimum absolute atomic E-state index is 0.529. The monoisotopic (exact) mass is 199 g/mol. The van der Waals surface area contributed by atoms with E-state index < -0.39 is 0 Å². The third-order valence-electron chi connectivity index (χ3n) is 3.40. The van der Waals surface area contributed by atoms with Gasteiger partial charge >= 0.3 is 0 Å². The van der Waals surface area contributed by atoms with Gasteiger partial charge in [-0.2, -0.15) is 0 Å². The predicted molar refractivity (Wildman–Crippen MR) is 60.5 cm³/mol. The van der Waals surface area contributed by atoms with Crippen molar-refractivity contribution in [1.29, 1.82) is 0 Å². The second kappa shape index (κ2) is 6.41. The third kappa shape index (κ3) is 3.25. The lowest BCUT2D eigenvalue weighted by molar-refractivity contribution is -0.0211. The van der Waals surface area contributed by atoms with Crippen molar-refractivity contribution in [3.05, 3.63) is 0 Å². The molecule has 1 saturated heterocycles. The van der Waals surface area contributed by atoms with Crippen LogP contribution in [0.4, 0.5) is 0 Å². The summed E-state index contributed by atoms with van der Waals surface area (Å²) in [5.74, 6) is 0.829. The summed E-state index contributed by atoms with van der Waals surface area (Å²) >= 11 is 0. The van der Waals surface area contributed by atoms with E-state index in [-0.39, 0.29) is 0 Å². The summed E-state index contributed by atoms with van der Waals surface area (Å²) in [4.78, 5) is 0. The maximum atomic E-state index is 5.76. The lowest BCUT2D eigenvalue weighted by atomic mass is 9.86. The predicted octanol–water partition coefficient (Wildman–Crippen LogP) is 2.58. The van der Waals surface area contributed by atoms with E-state index in [9.17, 15) is 0 Å². The molecule has 3 atom stereocenters. The van der Waals surface area contributed by atoms with Gasteiger partial charge in [0.25, 0.3) is 0 Å². The van der Waals surface area contributed by atoms with Gasteiger partial charge in [0, 0.05) is 12.6 Å². The van der Waals surface area contributed by atoms with E-state index in [0.717, 1.165) is 12.5 Å². The van der Waals surface area contributed by atoms with Gasteiger partial charge in [-0.1, -0.05) is 20.3 Å². The highest BCUT2D eigenvalue weighted by molar-refractivity contribution is 4.80. The molecule has 0 aromatic rings. The van der Waals surface area contributed by atoms with Gasteiger partial charge in [0.1, 0.15) is 0 Å². The minimum atomic E-state index is 0.529. The molecule has 1 fully saturated rings. The highest BCUT2D eigenvalue weighted by Gasteiger charge is 2.26. The first-order valence-electron chi connectivity index (χ1n) is 6.10. The van der Waals surface area contributed by atoms with Crippen LogP contribution in [0, 0.1) is 5.92 Å². The molecule has 1 heterocycles. The Morgan fingerprint density at radius 1 is 1.43 bits per heavy atom. The van der Waals surface area contributed by atoms with Crippen molar-refractivity contribution >= 4 is 0 Å². The summed E-state index contributed by atoms with van der Waals surface area (Å²) in [5.41, 5.74) is 0. The molecule has 0 spiro atoms. The van der Waals surface area contributed by atoms with E-state index in [1.807, 2.05) is 0 Å². The van der Waals surface area contributed by atoms with Crippen molar-refractivity contribution in [3.8, 4) is 0 Å². The van der Waals surface area contributed by atoms with Crippen LogP contribution in [0.5, 0.6) is 0 Å². The van der Waals surface area contributed by atoms with Crippen molar-refractivity contribution in [2.75, 3.05) is 13.7 Å². The first-order chi connectivity index (χ1) is 6.81. The normalized spacial score (nSPS) is 30.2. The van der Waals surface area contributed by atoms with E-state index in [1.165, 1.54) is 32.1 Å². The molecular formula is C12H25NO. The van der Waals surface area contributed by atoms with Gasteiger partial charge in [-0.05, 0) is 38.6 Å². The van der Waals surface area contributed by atoms with Crippen molar-refractivity contribution in [3.63, 3.8) is 0 Å². The van der Waals surface area contributed by atoms with Crippen LogP contribution in [0.1, 0.15) is 46.0 Å². The standard InChI is InChI=1S/C12H25NO/c1-4-6-11-9-10(7-8-14-11)12(5-2)13-3/h10-13H,4-9H2,1-3H3. The number of hydrogen-bond donors (Lipinski definition) is 1. The van der Waals surface area contributed by atoms with Crippen LogP contribution in [-0.2, 0) is 4.74 Å². The zero-order valence-corrected chi connectivity index (χ0v) is 9.88. The zero-order valence-electron chi connectivity index (χ0n) is 9.88. The number of rotatable bonds is 5. The fourth-order valence-corrected chi connectivity index (χ4v) is 2.57. The molecule has 3 unspecified atom stereocenters. The zero-order chi connectivity index (χ0) is 10.4. The van der Waals surface area contributed by atoms with E-state index >= 15 is 0 Å². The number of hydrogen-bond acceptors (Lipinski definition) is 2. The highest BCUT2D eigenvalue weighted by atomic mass is 16.5. The Hall–Kier alpha value is -0.0800. The average Bonchev–Trinajstić information content (AvgIpc) is 2.21. The molecule has 84 valence electrons. The number of nitrogens with one attached hydrogen (secondary N) is 1. The Bertz CT molecular complexity index is 143. The molecule has 0 saturated carbocycles. The van der Waals surface area contributed by atoms with Gasteiger partial charge < -0.3 is 10.1 Å². The highest BCUT2D eigenvalue weighted by Crippen LogP contribution is 2.26. The summed E-state index contributed by atoms with van der Waals surface area (Å²) in [6.07, 6.45) is 6.73. The Balaban J connectivity index is 2.38. The number of ether oxygens (including phenoxy) is 1. The van der Waals surface area contributed by atoms with E-state index in [4.69, 9.17) is 4.74 Å². The molecule has 2 nitrogen and oxygen atoms in total. The van der Waals surface area contributed by atoms with Crippen molar-refractivity contribution in [2.24, 2.45) is 5.92 Å². The third-order valence-corrected chi connectivity index (χ3v) is 3.40. The van der Waals surface area contributed by atoms with Crippen molar-refractivity contribution in [2.45, 2.75) is 58.1 Å². The van der Waals surface area contributed by atoms with Gasteiger partial charge in [-0.15, -0.1) is 0 Å². The van der Waals surface area contributed by atoms with Crippen LogP contribution in [0.3, 0.4) is 0 Å². The smallest absolute Gasteiger partial charge is 0.0578 e. The SMILES string of the molecule is CCCC1CC(C(CC)NC)CCO1. The van der Waals surface area contributed by atoms with Crippen LogP contribution >= 0.6 is 0 Å². The van der Waals surface area contributed by atoms with Crippen LogP contribution in [0.15, 0.2) is 0 Å². The molecule has 1 N–H and O–H groups in total. The largest absolute Gasteiger partial charge is 0.378 e. The fraction of sp³-hybridized carbons (Fsp3) is 1.00.